The van der Waals surface area contributed by atoms with Crippen LogP contribution in [0.2, 0.25) is 5.02 Å². The van der Waals surface area contributed by atoms with Gasteiger partial charge in [-0.25, -0.2) is 4.39 Å². The molecule has 0 bridgehead atoms. The Labute approximate surface area is 112 Å². The maximum Gasteiger partial charge on any atom is 0.416 e. The van der Waals surface area contributed by atoms with Gasteiger partial charge in [-0.15, -0.1) is 12.4 Å². The van der Waals surface area contributed by atoms with Crippen LogP contribution in [0.5, 0.6) is 0 Å². The van der Waals surface area contributed by atoms with Crippen LogP contribution in [-0.2, 0) is 6.18 Å². The first-order chi connectivity index (χ1) is 7.77. The van der Waals surface area contributed by atoms with E-state index in [1.807, 2.05) is 0 Å². The van der Waals surface area contributed by atoms with E-state index in [-0.39, 0.29) is 31.0 Å². The maximum absolute atomic E-state index is 13.5. The first kappa shape index (κ1) is 17.4. The zero-order valence-electron chi connectivity index (χ0n) is 8.97. The Morgan fingerprint density at radius 2 is 1.89 bits per heavy atom. The predicted molar refractivity (Wildman–Crippen MR) is 62.3 cm³/mol. The lowest BCUT2D eigenvalue weighted by Crippen LogP contribution is -2.16. The lowest BCUT2D eigenvalue weighted by molar-refractivity contribution is -0.137. The Kier molecular flexibility index (Phi) is 6.36. The summed E-state index contributed by atoms with van der Waals surface area (Å²) >= 11 is 5.38. The van der Waals surface area contributed by atoms with Gasteiger partial charge in [-0.05, 0) is 18.6 Å². The standard InChI is InChI=1S/C10H10ClF4NO.ClH/c11-7-4-5(10(13,14)15)3-6(9(7)12)8(16)1-2-17;/h3-4,8,17H,1-2,16H2;1H/t8-;/m1./s1. The van der Waals surface area contributed by atoms with Crippen LogP contribution < -0.4 is 5.73 Å². The fourth-order valence-corrected chi connectivity index (χ4v) is 1.57. The van der Waals surface area contributed by atoms with Crippen molar-refractivity contribution in [2.24, 2.45) is 5.73 Å². The van der Waals surface area contributed by atoms with E-state index >= 15 is 0 Å². The maximum atomic E-state index is 13.5. The molecule has 1 rings (SSSR count). The zero-order chi connectivity index (χ0) is 13.2. The van der Waals surface area contributed by atoms with E-state index in [1.54, 1.807) is 0 Å². The van der Waals surface area contributed by atoms with Crippen molar-refractivity contribution >= 4 is 24.0 Å². The van der Waals surface area contributed by atoms with Crippen LogP contribution in [0.25, 0.3) is 0 Å². The van der Waals surface area contributed by atoms with Gasteiger partial charge < -0.3 is 10.8 Å². The number of rotatable bonds is 3. The van der Waals surface area contributed by atoms with E-state index in [4.69, 9.17) is 22.4 Å². The molecule has 3 N–H and O–H groups in total. The predicted octanol–water partition coefficient (Wildman–Crippen LogP) is 3.30. The monoisotopic (exact) mass is 307 g/mol. The van der Waals surface area contributed by atoms with Crippen LogP contribution in [0.4, 0.5) is 17.6 Å². The summed E-state index contributed by atoms with van der Waals surface area (Å²) in [5.41, 5.74) is 4.05. The molecular weight excluding hydrogens is 297 g/mol. The van der Waals surface area contributed by atoms with Crippen molar-refractivity contribution in [2.45, 2.75) is 18.6 Å². The van der Waals surface area contributed by atoms with Crippen LogP contribution >= 0.6 is 24.0 Å². The van der Waals surface area contributed by atoms with Crippen LogP contribution in [0.3, 0.4) is 0 Å². The second-order valence-corrected chi connectivity index (χ2v) is 3.89. The molecule has 1 atom stereocenters. The van der Waals surface area contributed by atoms with Gasteiger partial charge in [-0.1, -0.05) is 11.6 Å². The van der Waals surface area contributed by atoms with Gasteiger partial charge in [0.05, 0.1) is 10.6 Å². The Balaban J connectivity index is 0.00000289. The van der Waals surface area contributed by atoms with Crippen molar-refractivity contribution in [3.8, 4) is 0 Å². The summed E-state index contributed by atoms with van der Waals surface area (Å²) < 4.78 is 50.9. The smallest absolute Gasteiger partial charge is 0.396 e. The first-order valence-electron chi connectivity index (χ1n) is 4.70. The number of aliphatic hydroxyl groups excluding tert-OH is 1. The van der Waals surface area contributed by atoms with E-state index < -0.39 is 28.6 Å². The number of halogens is 6. The minimum Gasteiger partial charge on any atom is -0.396 e. The number of hydrogen-bond acceptors (Lipinski definition) is 2. The van der Waals surface area contributed by atoms with Crippen molar-refractivity contribution in [1.29, 1.82) is 0 Å². The third-order valence-corrected chi connectivity index (χ3v) is 2.50. The van der Waals surface area contributed by atoms with E-state index in [2.05, 4.69) is 0 Å². The molecule has 1 aromatic rings. The molecule has 0 spiro atoms. The lowest BCUT2D eigenvalue weighted by Gasteiger charge is -2.15. The summed E-state index contributed by atoms with van der Waals surface area (Å²) in [5.74, 6) is -0.986. The molecule has 0 radical (unpaired) electrons. The summed E-state index contributed by atoms with van der Waals surface area (Å²) in [6, 6.07) is 0.0907. The highest BCUT2D eigenvalue weighted by atomic mass is 35.5. The third-order valence-electron chi connectivity index (χ3n) is 2.22. The Hall–Kier alpha value is -0.560. The van der Waals surface area contributed by atoms with Crippen molar-refractivity contribution in [3.63, 3.8) is 0 Å². The SMILES string of the molecule is Cl.N[C@H](CCO)c1cc(C(F)(F)F)cc(Cl)c1F. The van der Waals surface area contributed by atoms with Gasteiger partial charge in [-0.3, -0.25) is 0 Å². The highest BCUT2D eigenvalue weighted by Gasteiger charge is 2.32. The Bertz CT molecular complexity index is 412. The normalized spacial score (nSPS) is 13.1. The average Bonchev–Trinajstić information content (AvgIpc) is 2.20. The number of benzene rings is 1. The highest BCUT2D eigenvalue weighted by Crippen LogP contribution is 2.35. The van der Waals surface area contributed by atoms with Crippen LogP contribution in [0.1, 0.15) is 23.6 Å². The van der Waals surface area contributed by atoms with Gasteiger partial charge >= 0.3 is 6.18 Å². The summed E-state index contributed by atoms with van der Waals surface area (Å²) in [7, 11) is 0. The fourth-order valence-electron chi connectivity index (χ4n) is 1.34. The van der Waals surface area contributed by atoms with Crippen LogP contribution in [0.15, 0.2) is 12.1 Å². The number of aliphatic hydroxyl groups is 1. The molecule has 0 unspecified atom stereocenters. The topological polar surface area (TPSA) is 46.2 Å². The molecule has 0 aliphatic heterocycles. The Morgan fingerprint density at radius 3 is 2.33 bits per heavy atom. The lowest BCUT2D eigenvalue weighted by atomic mass is 10.0. The quantitative estimate of drug-likeness (QED) is 0.842. The fraction of sp³-hybridized carbons (Fsp3) is 0.400. The second-order valence-electron chi connectivity index (χ2n) is 3.48. The molecule has 0 amide bonds. The van der Waals surface area contributed by atoms with Gasteiger partial charge in [0.2, 0.25) is 0 Å². The summed E-state index contributed by atoms with van der Waals surface area (Å²) in [5, 5.41) is 7.99. The molecule has 0 heterocycles. The largest absolute Gasteiger partial charge is 0.416 e. The molecule has 0 aromatic heterocycles. The molecule has 8 heteroatoms. The number of alkyl halides is 3. The molecular formula is C10H11Cl2F4NO. The van der Waals surface area contributed by atoms with Crippen molar-refractivity contribution in [1.82, 2.24) is 0 Å². The van der Waals surface area contributed by atoms with Gasteiger partial charge in [0.15, 0.2) is 0 Å². The molecule has 0 aliphatic rings. The van der Waals surface area contributed by atoms with Gasteiger partial charge in [-0.2, -0.15) is 13.2 Å². The van der Waals surface area contributed by atoms with E-state index in [0.29, 0.717) is 12.1 Å². The summed E-state index contributed by atoms with van der Waals surface area (Å²) in [6.45, 7) is -0.353. The van der Waals surface area contributed by atoms with Crippen molar-refractivity contribution in [2.75, 3.05) is 6.61 Å². The molecule has 0 fully saturated rings. The summed E-state index contributed by atoms with van der Waals surface area (Å²) in [4.78, 5) is 0. The molecule has 0 saturated heterocycles. The molecule has 0 saturated carbocycles. The molecule has 0 aliphatic carbocycles. The minimum atomic E-state index is -4.62. The molecule has 1 aromatic carbocycles. The molecule has 18 heavy (non-hydrogen) atoms. The third kappa shape index (κ3) is 3.98. The zero-order valence-corrected chi connectivity index (χ0v) is 10.5. The van der Waals surface area contributed by atoms with Crippen LogP contribution in [-0.4, -0.2) is 11.7 Å². The molecule has 104 valence electrons. The Morgan fingerprint density at radius 1 is 1.33 bits per heavy atom. The number of nitrogens with two attached hydrogens (primary N) is 1. The minimum absolute atomic E-state index is 0. The second kappa shape index (κ2) is 6.56. The van der Waals surface area contributed by atoms with Crippen molar-refractivity contribution < 1.29 is 22.7 Å². The van der Waals surface area contributed by atoms with Crippen molar-refractivity contribution in [3.05, 3.63) is 34.1 Å². The first-order valence-corrected chi connectivity index (χ1v) is 5.07. The van der Waals surface area contributed by atoms with E-state index in [0.717, 1.165) is 0 Å². The average molecular weight is 308 g/mol. The van der Waals surface area contributed by atoms with E-state index in [1.165, 1.54) is 0 Å². The summed E-state index contributed by atoms with van der Waals surface area (Å²) in [6.07, 6.45) is -4.67. The van der Waals surface area contributed by atoms with Gasteiger partial charge in [0, 0.05) is 18.2 Å². The van der Waals surface area contributed by atoms with Gasteiger partial charge in [0.1, 0.15) is 5.82 Å². The highest BCUT2D eigenvalue weighted by molar-refractivity contribution is 6.30. The van der Waals surface area contributed by atoms with E-state index in [9.17, 15) is 17.6 Å². The number of hydrogen-bond donors (Lipinski definition) is 2. The van der Waals surface area contributed by atoms with Crippen LogP contribution in [0, 0.1) is 5.82 Å². The van der Waals surface area contributed by atoms with Gasteiger partial charge in [0.25, 0.3) is 0 Å². The molecule has 2 nitrogen and oxygen atoms in total.